The summed E-state index contributed by atoms with van der Waals surface area (Å²) in [4.78, 5) is 28.4. The number of rotatable bonds is 8. The minimum absolute atomic E-state index is 0.542. The quantitative estimate of drug-likeness (QED) is 0.145. The van der Waals surface area contributed by atoms with Crippen LogP contribution in [-0.2, 0) is 0 Å². The van der Waals surface area contributed by atoms with E-state index in [9.17, 15) is 0 Å². The van der Waals surface area contributed by atoms with Gasteiger partial charge < -0.3 is 10.0 Å². The smallest absolute Gasteiger partial charge is 0.423 e. The molecule has 8 aromatic carbocycles. The van der Waals surface area contributed by atoms with Gasteiger partial charge in [-0.25, -0.2) is 29.9 Å². The van der Waals surface area contributed by atoms with Gasteiger partial charge in [-0.15, -0.1) is 0 Å². The fourth-order valence-corrected chi connectivity index (χ4v) is 8.19. The Morgan fingerprint density at radius 1 is 0.338 bits per heavy atom. The van der Waals surface area contributed by atoms with Crippen molar-refractivity contribution in [3.63, 3.8) is 0 Å². The average Bonchev–Trinajstić information content (AvgIpc) is 3.37. The second-order valence-electron chi connectivity index (χ2n) is 15.6. The van der Waals surface area contributed by atoms with Crippen molar-refractivity contribution in [1.82, 2.24) is 29.9 Å². The summed E-state index contributed by atoms with van der Waals surface area (Å²) in [7, 11) is -1.35. The number of hydrogen-bond acceptors (Lipinski definition) is 8. The molecule has 0 aliphatic heterocycles. The van der Waals surface area contributed by atoms with Crippen LogP contribution in [0.5, 0.6) is 0 Å². The molecule has 0 radical (unpaired) electrons. The van der Waals surface area contributed by atoms with Gasteiger partial charge in [0.15, 0.2) is 34.9 Å². The van der Waals surface area contributed by atoms with E-state index >= 15 is 0 Å². The van der Waals surface area contributed by atoms with Gasteiger partial charge in [-0.2, -0.15) is 0 Å². The zero-order valence-corrected chi connectivity index (χ0v) is 40.0. The van der Waals surface area contributed by atoms with E-state index in [0.29, 0.717) is 50.5 Å². The van der Waals surface area contributed by atoms with Gasteiger partial charge in [0.05, 0.1) is 0 Å². The first-order chi connectivity index (χ1) is 33.0. The SMILES string of the molecule is Cc1cccc(-c2cc(Cl)cc(-c3nc(-c4ccccc4)nc(-c4ccccc4)n3)c2)c1.Cc1cccc(B(O)O)c1.Clc1cc(Br)cc(-c2nc(-c3ccccc3)nc(-c3ccccc3)n2)c1. The van der Waals surface area contributed by atoms with Crippen LogP contribution in [0.1, 0.15) is 11.1 Å². The molecule has 0 aliphatic carbocycles. The lowest BCUT2D eigenvalue weighted by Gasteiger charge is -2.10. The van der Waals surface area contributed by atoms with Gasteiger partial charge in [-0.1, -0.05) is 220 Å². The molecule has 2 heterocycles. The molecule has 0 saturated carbocycles. The van der Waals surface area contributed by atoms with E-state index in [2.05, 4.69) is 68.1 Å². The molecular formula is C56H42BBrCl2N6O2. The highest BCUT2D eigenvalue weighted by Crippen LogP contribution is 2.32. The van der Waals surface area contributed by atoms with Gasteiger partial charge in [0.2, 0.25) is 0 Å². The summed E-state index contributed by atoms with van der Waals surface area (Å²) in [5.41, 5.74) is 10.3. The molecule has 2 N–H and O–H groups in total. The lowest BCUT2D eigenvalue weighted by Crippen LogP contribution is -2.29. The Kier molecular flexibility index (Phi) is 15.7. The second kappa shape index (κ2) is 22.5. The van der Waals surface area contributed by atoms with E-state index in [4.69, 9.17) is 48.2 Å². The third kappa shape index (κ3) is 12.6. The van der Waals surface area contributed by atoms with Crippen LogP contribution in [0.25, 0.3) is 79.5 Å². The number of benzene rings is 8. The molecule has 0 amide bonds. The zero-order chi connectivity index (χ0) is 47.4. The van der Waals surface area contributed by atoms with Crippen LogP contribution in [0.15, 0.2) is 211 Å². The lowest BCUT2D eigenvalue weighted by molar-refractivity contribution is 0.425. The maximum absolute atomic E-state index is 8.70. The largest absolute Gasteiger partial charge is 0.488 e. The predicted octanol–water partition coefficient (Wildman–Crippen LogP) is 13.5. The van der Waals surface area contributed by atoms with E-state index in [1.807, 2.05) is 165 Å². The summed E-state index contributed by atoms with van der Waals surface area (Å²) in [5.74, 6) is 3.70. The van der Waals surface area contributed by atoms with E-state index in [-0.39, 0.29) is 0 Å². The molecule has 0 saturated heterocycles. The molecule has 0 spiro atoms. The second-order valence-corrected chi connectivity index (χ2v) is 17.4. The maximum Gasteiger partial charge on any atom is 0.488 e. The molecule has 332 valence electrons. The number of halogens is 3. The van der Waals surface area contributed by atoms with E-state index in [1.165, 1.54) is 5.56 Å². The van der Waals surface area contributed by atoms with Crippen molar-refractivity contribution in [1.29, 1.82) is 0 Å². The number of aryl methyl sites for hydroxylation is 2. The molecule has 0 unspecified atom stereocenters. The van der Waals surface area contributed by atoms with Crippen molar-refractivity contribution >= 4 is 51.7 Å². The van der Waals surface area contributed by atoms with Crippen molar-refractivity contribution < 1.29 is 10.0 Å². The first kappa shape index (κ1) is 47.3. The Hall–Kier alpha value is -7.18. The topological polar surface area (TPSA) is 118 Å². The van der Waals surface area contributed by atoms with Crippen LogP contribution in [0.3, 0.4) is 0 Å². The van der Waals surface area contributed by atoms with E-state index in [0.717, 1.165) is 54.5 Å². The fourth-order valence-electron chi connectivity index (χ4n) is 7.10. The third-order valence-corrected chi connectivity index (χ3v) is 11.3. The average molecular weight is 993 g/mol. The Morgan fingerprint density at radius 2 is 0.676 bits per heavy atom. The van der Waals surface area contributed by atoms with Gasteiger partial charge >= 0.3 is 7.12 Å². The van der Waals surface area contributed by atoms with Crippen LogP contribution >= 0.6 is 39.1 Å². The Balaban J connectivity index is 0.000000155. The van der Waals surface area contributed by atoms with Crippen molar-refractivity contribution in [2.75, 3.05) is 0 Å². The molecule has 0 atom stereocenters. The van der Waals surface area contributed by atoms with Crippen LogP contribution in [0.4, 0.5) is 0 Å². The number of nitrogens with zero attached hydrogens (tertiary/aromatic N) is 6. The standard InChI is InChI=1S/C28H20ClN3.C21H13BrClN3.C7H9BO2/c1-19-9-8-14-22(15-19)23-16-24(18-25(29)17-23)28-31-26(20-10-4-2-5-11-20)30-27(32-28)21-12-6-3-7-13-21;22-17-11-16(12-18(23)13-17)21-25-19(14-7-3-1-4-8-14)24-20(26-21)15-9-5-2-6-10-15;1-6-3-2-4-7(5-6)8(9)10/h2-18H,1H3;1-13H;2-5,9-10H,1H3. The highest BCUT2D eigenvalue weighted by molar-refractivity contribution is 9.10. The van der Waals surface area contributed by atoms with Crippen LogP contribution in [0, 0.1) is 13.8 Å². The van der Waals surface area contributed by atoms with Gasteiger partial charge in [0.1, 0.15) is 0 Å². The van der Waals surface area contributed by atoms with Crippen molar-refractivity contribution in [2.45, 2.75) is 13.8 Å². The molecule has 10 aromatic rings. The van der Waals surface area contributed by atoms with Crippen molar-refractivity contribution in [3.8, 4) is 79.5 Å². The minimum Gasteiger partial charge on any atom is -0.423 e. The molecule has 0 fully saturated rings. The first-order valence-electron chi connectivity index (χ1n) is 21.6. The minimum atomic E-state index is -1.35. The first-order valence-corrected chi connectivity index (χ1v) is 23.1. The summed E-state index contributed by atoms with van der Waals surface area (Å²) >= 11 is 16.2. The normalized spacial score (nSPS) is 10.6. The highest BCUT2D eigenvalue weighted by atomic mass is 79.9. The number of hydrogen-bond donors (Lipinski definition) is 2. The molecule has 10 rings (SSSR count). The fraction of sp³-hybridized carbons (Fsp3) is 0.0357. The van der Waals surface area contributed by atoms with E-state index in [1.54, 1.807) is 18.2 Å². The Morgan fingerprint density at radius 3 is 1.04 bits per heavy atom. The van der Waals surface area contributed by atoms with Gasteiger partial charge in [0, 0.05) is 47.9 Å². The molecule has 8 nitrogen and oxygen atoms in total. The highest BCUT2D eigenvalue weighted by Gasteiger charge is 2.15. The van der Waals surface area contributed by atoms with E-state index < -0.39 is 7.12 Å². The molecule has 0 aliphatic rings. The Bertz CT molecular complexity index is 3150. The molecule has 68 heavy (non-hydrogen) atoms. The lowest BCUT2D eigenvalue weighted by atomic mass is 9.80. The predicted molar refractivity (Wildman–Crippen MR) is 281 cm³/mol. The summed E-state index contributed by atoms with van der Waals surface area (Å²) in [5, 5.41) is 18.7. The van der Waals surface area contributed by atoms with Crippen LogP contribution in [0.2, 0.25) is 10.0 Å². The van der Waals surface area contributed by atoms with Gasteiger partial charge in [-0.05, 0) is 66.8 Å². The monoisotopic (exact) mass is 990 g/mol. The summed E-state index contributed by atoms with van der Waals surface area (Å²) in [6.45, 7) is 3.99. The summed E-state index contributed by atoms with van der Waals surface area (Å²) < 4.78 is 0.878. The molecule has 0 bridgehead atoms. The summed E-state index contributed by atoms with van der Waals surface area (Å²) in [6.07, 6.45) is 0. The third-order valence-electron chi connectivity index (χ3n) is 10.4. The van der Waals surface area contributed by atoms with Crippen molar-refractivity contribution in [2.24, 2.45) is 0 Å². The molecule has 12 heteroatoms. The number of aromatic nitrogens is 6. The van der Waals surface area contributed by atoms with Crippen molar-refractivity contribution in [3.05, 3.63) is 232 Å². The van der Waals surface area contributed by atoms with Crippen LogP contribution in [-0.4, -0.2) is 47.1 Å². The zero-order valence-electron chi connectivity index (χ0n) is 36.9. The van der Waals surface area contributed by atoms with Gasteiger partial charge in [0.25, 0.3) is 0 Å². The molecular weight excluding hydrogens is 950 g/mol. The maximum atomic E-state index is 8.70. The van der Waals surface area contributed by atoms with Crippen LogP contribution < -0.4 is 5.46 Å². The molecule has 2 aromatic heterocycles. The van der Waals surface area contributed by atoms with Gasteiger partial charge in [-0.3, -0.25) is 0 Å². The Labute approximate surface area is 414 Å². The summed E-state index contributed by atoms with van der Waals surface area (Å²) in [6, 6.07) is 66.8.